The van der Waals surface area contributed by atoms with Crippen LogP contribution in [0.15, 0.2) is 65.1 Å². The Kier molecular flexibility index (Phi) is 3.59. The van der Waals surface area contributed by atoms with Crippen LogP contribution in [0.25, 0.3) is 0 Å². The van der Waals surface area contributed by atoms with Crippen molar-refractivity contribution in [2.45, 2.75) is 18.7 Å². The van der Waals surface area contributed by atoms with E-state index in [-0.39, 0.29) is 12.3 Å². The number of nitrogens with zero attached hydrogens (tertiary/aromatic N) is 2. The molecular formula is C22H18N2O3S. The molecule has 3 aromatic rings. The largest absolute Gasteiger partial charge is 0.486 e. The van der Waals surface area contributed by atoms with E-state index in [1.54, 1.807) is 11.3 Å². The Morgan fingerprint density at radius 1 is 0.929 bits per heavy atom. The molecule has 0 saturated heterocycles. The van der Waals surface area contributed by atoms with Crippen LogP contribution in [0.4, 0.5) is 0 Å². The van der Waals surface area contributed by atoms with E-state index in [2.05, 4.69) is 46.8 Å². The predicted octanol–water partition coefficient (Wildman–Crippen LogP) is 4.76. The second-order valence-corrected chi connectivity index (χ2v) is 8.01. The molecular weight excluding hydrogens is 372 g/mol. The highest BCUT2D eigenvalue weighted by Crippen LogP contribution is 2.48. The second-order valence-electron chi connectivity index (χ2n) is 7.03. The number of thiophene rings is 1. The van der Waals surface area contributed by atoms with Gasteiger partial charge in [0.1, 0.15) is 19.0 Å². The maximum atomic E-state index is 6.35. The molecule has 0 spiro atoms. The van der Waals surface area contributed by atoms with E-state index in [1.165, 1.54) is 5.56 Å². The third kappa shape index (κ3) is 2.48. The van der Waals surface area contributed by atoms with E-state index >= 15 is 0 Å². The maximum absolute atomic E-state index is 6.35. The van der Waals surface area contributed by atoms with Crippen LogP contribution < -0.4 is 14.2 Å². The number of benzene rings is 2. The molecule has 2 aromatic carbocycles. The van der Waals surface area contributed by atoms with Crippen molar-refractivity contribution in [3.8, 4) is 17.2 Å². The number of fused-ring (bicyclic) bond motifs is 4. The van der Waals surface area contributed by atoms with E-state index in [0.717, 1.165) is 39.8 Å². The van der Waals surface area contributed by atoms with E-state index in [4.69, 9.17) is 19.3 Å². The highest BCUT2D eigenvalue weighted by atomic mass is 32.1. The van der Waals surface area contributed by atoms with Gasteiger partial charge >= 0.3 is 0 Å². The van der Waals surface area contributed by atoms with Gasteiger partial charge in [0.15, 0.2) is 11.5 Å². The lowest BCUT2D eigenvalue weighted by Gasteiger charge is -2.37. The zero-order valence-electron chi connectivity index (χ0n) is 15.1. The molecule has 0 fully saturated rings. The van der Waals surface area contributed by atoms with Crippen molar-refractivity contribution in [1.29, 1.82) is 0 Å². The minimum absolute atomic E-state index is 0.167. The first kappa shape index (κ1) is 16.0. The fourth-order valence-electron chi connectivity index (χ4n) is 4.05. The topological polar surface area (TPSA) is 43.3 Å². The van der Waals surface area contributed by atoms with Gasteiger partial charge < -0.3 is 14.2 Å². The average Bonchev–Trinajstić information content (AvgIpc) is 3.43. The number of hydrazone groups is 1. The Balaban J connectivity index is 1.41. The van der Waals surface area contributed by atoms with E-state index in [1.807, 2.05) is 18.2 Å². The molecule has 0 N–H and O–H groups in total. The van der Waals surface area contributed by atoms with E-state index in [9.17, 15) is 0 Å². The van der Waals surface area contributed by atoms with Crippen molar-refractivity contribution in [2.75, 3.05) is 13.2 Å². The molecule has 6 heteroatoms. The second kappa shape index (κ2) is 6.27. The van der Waals surface area contributed by atoms with Crippen molar-refractivity contribution >= 4 is 17.0 Å². The van der Waals surface area contributed by atoms with Crippen LogP contribution in [0, 0.1) is 0 Å². The maximum Gasteiger partial charge on any atom is 0.222 e. The zero-order valence-corrected chi connectivity index (χ0v) is 15.9. The normalized spacial score (nSPS) is 22.1. The Morgan fingerprint density at radius 3 is 2.71 bits per heavy atom. The van der Waals surface area contributed by atoms with Crippen LogP contribution >= 0.6 is 11.3 Å². The lowest BCUT2D eigenvalue weighted by Crippen LogP contribution is -2.33. The first-order chi connectivity index (χ1) is 13.9. The smallest absolute Gasteiger partial charge is 0.222 e. The summed E-state index contributed by atoms with van der Waals surface area (Å²) in [5.74, 6) is 2.54. The minimum Gasteiger partial charge on any atom is -0.486 e. The van der Waals surface area contributed by atoms with Gasteiger partial charge in [0.25, 0.3) is 0 Å². The van der Waals surface area contributed by atoms with Gasteiger partial charge in [-0.1, -0.05) is 24.3 Å². The highest BCUT2D eigenvalue weighted by molar-refractivity contribution is 7.10. The van der Waals surface area contributed by atoms with Crippen molar-refractivity contribution < 1.29 is 14.2 Å². The Morgan fingerprint density at radius 2 is 1.82 bits per heavy atom. The predicted molar refractivity (Wildman–Crippen MR) is 107 cm³/mol. The van der Waals surface area contributed by atoms with Gasteiger partial charge in [0.05, 0.1) is 16.6 Å². The Bertz CT molecular complexity index is 1060. The summed E-state index contributed by atoms with van der Waals surface area (Å²) in [5.41, 5.74) is 3.30. The van der Waals surface area contributed by atoms with Crippen LogP contribution in [0.3, 0.4) is 0 Å². The van der Waals surface area contributed by atoms with Gasteiger partial charge in [-0.25, -0.2) is 5.01 Å². The third-order valence-electron chi connectivity index (χ3n) is 5.36. The fraction of sp³-hybridized carbons (Fsp3) is 0.227. The van der Waals surface area contributed by atoms with E-state index < -0.39 is 0 Å². The van der Waals surface area contributed by atoms with Crippen molar-refractivity contribution in [3.05, 3.63) is 76.0 Å². The summed E-state index contributed by atoms with van der Waals surface area (Å²) in [4.78, 5) is 1.16. The van der Waals surface area contributed by atoms with Gasteiger partial charge in [-0.15, -0.1) is 11.3 Å². The summed E-state index contributed by atoms with van der Waals surface area (Å²) in [6, 6.07) is 18.7. The lowest BCUT2D eigenvalue weighted by atomic mass is 9.96. The molecule has 5 nitrogen and oxygen atoms in total. The van der Waals surface area contributed by atoms with Crippen molar-refractivity contribution in [1.82, 2.24) is 5.01 Å². The van der Waals surface area contributed by atoms with E-state index in [0.29, 0.717) is 13.2 Å². The summed E-state index contributed by atoms with van der Waals surface area (Å²) in [7, 11) is 0. The quantitative estimate of drug-likeness (QED) is 0.633. The molecule has 28 heavy (non-hydrogen) atoms. The van der Waals surface area contributed by atoms with Crippen LogP contribution in [-0.2, 0) is 0 Å². The number of hydrogen-bond acceptors (Lipinski definition) is 6. The van der Waals surface area contributed by atoms with Crippen LogP contribution in [0.1, 0.15) is 34.7 Å². The SMILES string of the molecule is c1csc([C@@H]2Oc3ccccc3[C@H]3CC(c4ccc5c(c4)OCCO5)=NN32)c1. The zero-order chi connectivity index (χ0) is 18.5. The fourth-order valence-corrected chi connectivity index (χ4v) is 4.79. The lowest BCUT2D eigenvalue weighted by molar-refractivity contribution is -0.0165. The minimum atomic E-state index is -0.199. The molecule has 140 valence electrons. The molecule has 0 amide bonds. The molecule has 0 aliphatic carbocycles. The molecule has 0 bridgehead atoms. The molecule has 0 radical (unpaired) electrons. The van der Waals surface area contributed by atoms with Gasteiger partial charge in [-0.3, -0.25) is 0 Å². The number of rotatable bonds is 2. The molecule has 3 aliphatic rings. The number of hydrogen-bond donors (Lipinski definition) is 0. The van der Waals surface area contributed by atoms with Gasteiger partial charge in [0.2, 0.25) is 6.23 Å². The molecule has 0 unspecified atom stereocenters. The Labute approximate surface area is 166 Å². The molecule has 6 rings (SSSR count). The van der Waals surface area contributed by atoms with Gasteiger partial charge in [0, 0.05) is 17.5 Å². The highest BCUT2D eigenvalue weighted by Gasteiger charge is 2.41. The molecule has 3 aliphatic heterocycles. The average molecular weight is 390 g/mol. The first-order valence-corrected chi connectivity index (χ1v) is 10.3. The standard InChI is InChI=1S/C22H18N2O3S/c1-2-5-18-15(4-1)17-13-16(14-7-8-19-20(12-14)26-10-9-25-19)23-24(17)22(27-18)21-6-3-11-28-21/h1-8,11-12,17,22H,9-10,13H2/t17-,22+/m1/s1. The summed E-state index contributed by atoms with van der Waals surface area (Å²) >= 11 is 1.70. The summed E-state index contributed by atoms with van der Waals surface area (Å²) in [5, 5.41) is 9.19. The van der Waals surface area contributed by atoms with Crippen molar-refractivity contribution in [2.24, 2.45) is 5.10 Å². The van der Waals surface area contributed by atoms with Crippen LogP contribution in [0.5, 0.6) is 17.2 Å². The molecule has 0 saturated carbocycles. The third-order valence-corrected chi connectivity index (χ3v) is 6.26. The first-order valence-electron chi connectivity index (χ1n) is 9.42. The molecule has 2 atom stereocenters. The Hall–Kier alpha value is -2.99. The molecule has 1 aromatic heterocycles. The van der Waals surface area contributed by atoms with Crippen LogP contribution in [0.2, 0.25) is 0 Å². The van der Waals surface area contributed by atoms with Crippen LogP contribution in [-0.4, -0.2) is 23.9 Å². The molecule has 4 heterocycles. The monoisotopic (exact) mass is 390 g/mol. The summed E-state index contributed by atoms with van der Waals surface area (Å²) in [6.45, 7) is 1.18. The summed E-state index contributed by atoms with van der Waals surface area (Å²) in [6.07, 6.45) is 0.636. The number of ether oxygens (including phenoxy) is 3. The van der Waals surface area contributed by atoms with Crippen molar-refractivity contribution in [3.63, 3.8) is 0 Å². The van der Waals surface area contributed by atoms with Gasteiger partial charge in [-0.05, 0) is 35.7 Å². The number of para-hydroxylation sites is 1. The van der Waals surface area contributed by atoms with Gasteiger partial charge in [-0.2, -0.15) is 5.10 Å². The summed E-state index contributed by atoms with van der Waals surface area (Å²) < 4.78 is 17.8.